The van der Waals surface area contributed by atoms with Gasteiger partial charge in [0.25, 0.3) is 6.04 Å². The van der Waals surface area contributed by atoms with Crippen molar-refractivity contribution in [2.75, 3.05) is 7.05 Å². The zero-order chi connectivity index (χ0) is 14.4. The maximum atomic E-state index is 12.1. The van der Waals surface area contributed by atoms with Crippen molar-refractivity contribution in [1.29, 1.82) is 0 Å². The maximum Gasteiger partial charge on any atom is 0.315 e. The van der Waals surface area contributed by atoms with E-state index >= 15 is 0 Å². The Labute approximate surface area is 110 Å². The van der Waals surface area contributed by atoms with Crippen molar-refractivity contribution in [1.82, 2.24) is 10.6 Å². The SMILES string of the molecule is CNC(=O)NC(C)C(=O)C(c1ccccc1)[N+](=O)[O-]. The van der Waals surface area contributed by atoms with Crippen LogP contribution in [0.15, 0.2) is 30.3 Å². The lowest BCUT2D eigenvalue weighted by molar-refractivity contribution is -0.513. The predicted octanol–water partition coefficient (Wildman–Crippen LogP) is 0.891. The van der Waals surface area contributed by atoms with E-state index < -0.39 is 28.8 Å². The molecule has 0 aliphatic carbocycles. The number of benzene rings is 1. The van der Waals surface area contributed by atoms with Crippen molar-refractivity contribution in [2.45, 2.75) is 19.0 Å². The highest BCUT2D eigenvalue weighted by Gasteiger charge is 2.35. The molecule has 7 nitrogen and oxygen atoms in total. The first-order valence-corrected chi connectivity index (χ1v) is 5.67. The van der Waals surface area contributed by atoms with Crippen LogP contribution in [-0.2, 0) is 4.79 Å². The average Bonchev–Trinajstić information content (AvgIpc) is 2.39. The molecule has 0 radical (unpaired) electrons. The van der Waals surface area contributed by atoms with E-state index in [0.717, 1.165) is 0 Å². The molecule has 1 aromatic rings. The Balaban J connectivity index is 2.92. The fourth-order valence-electron chi connectivity index (χ4n) is 1.60. The van der Waals surface area contributed by atoms with Crippen LogP contribution in [0.1, 0.15) is 18.5 Å². The molecular formula is C12H15N3O4. The molecule has 2 unspecified atom stereocenters. The second kappa shape index (κ2) is 6.48. The van der Waals surface area contributed by atoms with Gasteiger partial charge in [-0.15, -0.1) is 0 Å². The molecular weight excluding hydrogens is 250 g/mol. The molecule has 102 valence electrons. The number of carbonyl (C=O) groups is 2. The fraction of sp³-hybridized carbons (Fsp3) is 0.333. The van der Waals surface area contributed by atoms with E-state index in [9.17, 15) is 19.7 Å². The molecule has 1 aromatic carbocycles. The highest BCUT2D eigenvalue weighted by Crippen LogP contribution is 2.18. The molecule has 0 saturated carbocycles. The summed E-state index contributed by atoms with van der Waals surface area (Å²) in [6.07, 6.45) is 0. The number of nitro groups is 1. The number of ketones is 1. The van der Waals surface area contributed by atoms with Crippen LogP contribution in [-0.4, -0.2) is 29.8 Å². The molecule has 2 atom stereocenters. The lowest BCUT2D eigenvalue weighted by Crippen LogP contribution is -2.45. The molecule has 0 spiro atoms. The van der Waals surface area contributed by atoms with E-state index in [1.807, 2.05) is 0 Å². The second-order valence-electron chi connectivity index (χ2n) is 3.95. The zero-order valence-electron chi connectivity index (χ0n) is 10.6. The van der Waals surface area contributed by atoms with Crippen LogP contribution in [0.3, 0.4) is 0 Å². The number of rotatable bonds is 5. The third-order valence-corrected chi connectivity index (χ3v) is 2.60. The molecule has 0 fully saturated rings. The summed E-state index contributed by atoms with van der Waals surface area (Å²) in [5, 5.41) is 15.7. The summed E-state index contributed by atoms with van der Waals surface area (Å²) >= 11 is 0. The van der Waals surface area contributed by atoms with Crippen molar-refractivity contribution >= 4 is 11.8 Å². The second-order valence-corrected chi connectivity index (χ2v) is 3.95. The summed E-state index contributed by atoms with van der Waals surface area (Å²) in [6.45, 7) is 1.41. The molecule has 19 heavy (non-hydrogen) atoms. The van der Waals surface area contributed by atoms with Gasteiger partial charge in [-0.1, -0.05) is 30.3 Å². The van der Waals surface area contributed by atoms with Gasteiger partial charge in [0, 0.05) is 17.5 Å². The normalized spacial score (nSPS) is 13.2. The monoisotopic (exact) mass is 265 g/mol. The molecule has 0 aliphatic heterocycles. The van der Waals surface area contributed by atoms with Gasteiger partial charge in [-0.25, -0.2) is 4.79 Å². The van der Waals surface area contributed by atoms with Gasteiger partial charge in [0.1, 0.15) is 0 Å². The number of amides is 2. The Morgan fingerprint density at radius 2 is 1.84 bits per heavy atom. The predicted molar refractivity (Wildman–Crippen MR) is 68.2 cm³/mol. The first kappa shape index (κ1) is 14.6. The van der Waals surface area contributed by atoms with Gasteiger partial charge in [-0.3, -0.25) is 14.9 Å². The Morgan fingerprint density at radius 3 is 2.32 bits per heavy atom. The van der Waals surface area contributed by atoms with E-state index in [1.165, 1.54) is 26.1 Å². The zero-order valence-corrected chi connectivity index (χ0v) is 10.6. The first-order valence-electron chi connectivity index (χ1n) is 5.67. The van der Waals surface area contributed by atoms with Crippen LogP contribution in [0.25, 0.3) is 0 Å². The summed E-state index contributed by atoms with van der Waals surface area (Å²) < 4.78 is 0. The largest absolute Gasteiger partial charge is 0.341 e. The molecule has 0 heterocycles. The molecule has 2 N–H and O–H groups in total. The molecule has 2 amide bonds. The summed E-state index contributed by atoms with van der Waals surface area (Å²) in [4.78, 5) is 33.6. The lowest BCUT2D eigenvalue weighted by atomic mass is 9.99. The number of nitrogens with zero attached hydrogens (tertiary/aromatic N) is 1. The molecule has 7 heteroatoms. The summed E-state index contributed by atoms with van der Waals surface area (Å²) in [5.41, 5.74) is 0.294. The van der Waals surface area contributed by atoms with Crippen LogP contribution < -0.4 is 10.6 Å². The van der Waals surface area contributed by atoms with E-state index in [1.54, 1.807) is 18.2 Å². The van der Waals surface area contributed by atoms with E-state index in [0.29, 0.717) is 5.56 Å². The third kappa shape index (κ3) is 3.77. The molecule has 0 bridgehead atoms. The molecule has 0 aliphatic rings. The van der Waals surface area contributed by atoms with E-state index in [4.69, 9.17) is 0 Å². The minimum Gasteiger partial charge on any atom is -0.341 e. The van der Waals surface area contributed by atoms with Crippen LogP contribution in [0.4, 0.5) is 4.79 Å². The van der Waals surface area contributed by atoms with Gasteiger partial charge in [0.2, 0.25) is 5.78 Å². The Bertz CT molecular complexity index is 475. The quantitative estimate of drug-likeness (QED) is 0.609. The number of urea groups is 1. The van der Waals surface area contributed by atoms with E-state index in [-0.39, 0.29) is 0 Å². The summed E-state index contributed by atoms with van der Waals surface area (Å²) in [7, 11) is 1.40. The minimum absolute atomic E-state index is 0.294. The topological polar surface area (TPSA) is 101 Å². The third-order valence-electron chi connectivity index (χ3n) is 2.60. The standard InChI is InChI=1S/C12H15N3O4/c1-8(14-12(17)13-2)11(16)10(15(18)19)9-6-4-3-5-7-9/h3-8,10H,1-2H3,(H2,13,14,17). The molecule has 1 rings (SSSR count). The van der Waals surface area contributed by atoms with Crippen LogP contribution in [0, 0.1) is 10.1 Å². The van der Waals surface area contributed by atoms with Crippen LogP contribution in [0.5, 0.6) is 0 Å². The van der Waals surface area contributed by atoms with Crippen LogP contribution >= 0.6 is 0 Å². The maximum absolute atomic E-state index is 12.1. The fourth-order valence-corrected chi connectivity index (χ4v) is 1.60. The highest BCUT2D eigenvalue weighted by atomic mass is 16.6. The number of carbonyl (C=O) groups excluding carboxylic acids is 2. The van der Waals surface area contributed by atoms with Gasteiger partial charge in [0.15, 0.2) is 0 Å². The van der Waals surface area contributed by atoms with Crippen molar-refractivity contribution < 1.29 is 14.5 Å². The van der Waals surface area contributed by atoms with Gasteiger partial charge < -0.3 is 10.6 Å². The van der Waals surface area contributed by atoms with Gasteiger partial charge in [-0.2, -0.15) is 0 Å². The molecule has 0 aromatic heterocycles. The minimum atomic E-state index is -1.48. The highest BCUT2D eigenvalue weighted by molar-refractivity contribution is 5.91. The Kier molecular flexibility index (Phi) is 4.99. The van der Waals surface area contributed by atoms with Crippen LogP contribution in [0.2, 0.25) is 0 Å². The number of hydrogen-bond donors (Lipinski definition) is 2. The van der Waals surface area contributed by atoms with Crippen molar-refractivity contribution in [2.24, 2.45) is 0 Å². The smallest absolute Gasteiger partial charge is 0.315 e. The summed E-state index contributed by atoms with van der Waals surface area (Å²) in [5.74, 6) is -0.667. The average molecular weight is 265 g/mol. The first-order chi connectivity index (χ1) is 8.97. The number of hydrogen-bond acceptors (Lipinski definition) is 4. The summed E-state index contributed by atoms with van der Waals surface area (Å²) in [6, 6.07) is 4.99. The van der Waals surface area contributed by atoms with Crippen molar-refractivity contribution in [3.05, 3.63) is 46.0 Å². The Hall–Kier alpha value is -2.44. The Morgan fingerprint density at radius 1 is 1.26 bits per heavy atom. The van der Waals surface area contributed by atoms with Crippen molar-refractivity contribution in [3.63, 3.8) is 0 Å². The number of nitrogens with one attached hydrogen (secondary N) is 2. The van der Waals surface area contributed by atoms with Crippen molar-refractivity contribution in [3.8, 4) is 0 Å². The van der Waals surface area contributed by atoms with Gasteiger partial charge >= 0.3 is 6.03 Å². The van der Waals surface area contributed by atoms with Gasteiger partial charge in [-0.05, 0) is 6.92 Å². The van der Waals surface area contributed by atoms with Gasteiger partial charge in [0.05, 0.1) is 6.04 Å². The molecule has 0 saturated heterocycles. The number of Topliss-reactive ketones (excluding diaryl/α,β-unsaturated/α-hetero) is 1. The van der Waals surface area contributed by atoms with E-state index in [2.05, 4.69) is 10.6 Å². The lowest BCUT2D eigenvalue weighted by Gasteiger charge is -2.15.